The number of aromatic nitrogens is 1. The van der Waals surface area contributed by atoms with Crippen LogP contribution in [0.15, 0.2) is 34.0 Å². The van der Waals surface area contributed by atoms with Crippen LogP contribution in [-0.4, -0.2) is 75.1 Å². The summed E-state index contributed by atoms with van der Waals surface area (Å²) in [6.45, 7) is -1.53. The molecule has 1 aromatic carbocycles. The van der Waals surface area contributed by atoms with Gasteiger partial charge in [0.15, 0.2) is 0 Å². The van der Waals surface area contributed by atoms with Gasteiger partial charge in [-0.15, -0.1) is 0 Å². The van der Waals surface area contributed by atoms with Crippen molar-refractivity contribution in [3.8, 4) is 0 Å². The predicted octanol–water partition coefficient (Wildman–Crippen LogP) is -0.0427. The van der Waals surface area contributed by atoms with E-state index in [1.54, 1.807) is 5.32 Å². The number of aromatic amines is 1. The second-order valence-corrected chi connectivity index (χ2v) is 8.78. The zero-order valence-corrected chi connectivity index (χ0v) is 17.3. The van der Waals surface area contributed by atoms with E-state index in [-0.39, 0.29) is 47.7 Å². The molecule has 2 heterocycles. The van der Waals surface area contributed by atoms with E-state index in [1.807, 2.05) is 0 Å². The minimum Gasteiger partial charge on any atom is -0.379 e. The first-order chi connectivity index (χ1) is 15.0. The van der Waals surface area contributed by atoms with Gasteiger partial charge in [0.2, 0.25) is 21.5 Å². The number of fused-ring (bicyclic) bond motifs is 1. The van der Waals surface area contributed by atoms with Crippen LogP contribution in [0.5, 0.6) is 0 Å². The lowest BCUT2D eigenvalue weighted by molar-refractivity contribution is -0.137. The number of alkyl halides is 3. The van der Waals surface area contributed by atoms with Crippen LogP contribution in [0.3, 0.4) is 0 Å². The van der Waals surface area contributed by atoms with E-state index in [0.29, 0.717) is 0 Å². The number of carbonyl (C=O) groups excluding carboxylic acids is 2. The van der Waals surface area contributed by atoms with Crippen LogP contribution in [-0.2, 0) is 19.6 Å². The number of hydrogen-bond donors (Lipinski definition) is 3. The van der Waals surface area contributed by atoms with Gasteiger partial charge in [0.05, 0.1) is 30.2 Å². The molecule has 2 aromatic rings. The van der Waals surface area contributed by atoms with Gasteiger partial charge in [-0.3, -0.25) is 14.4 Å². The Morgan fingerprint density at radius 3 is 2.47 bits per heavy atom. The number of carbonyl (C=O) groups is 2. The molecule has 0 unspecified atom stereocenters. The van der Waals surface area contributed by atoms with Crippen LogP contribution < -0.4 is 16.2 Å². The van der Waals surface area contributed by atoms with Gasteiger partial charge in [0, 0.05) is 30.1 Å². The van der Waals surface area contributed by atoms with Crippen molar-refractivity contribution in [1.29, 1.82) is 0 Å². The molecule has 0 aliphatic carbocycles. The molecule has 2 amide bonds. The summed E-state index contributed by atoms with van der Waals surface area (Å²) in [7, 11) is -3.89. The van der Waals surface area contributed by atoms with Crippen molar-refractivity contribution < 1.29 is 35.9 Å². The molecular formula is C18H19F3N4O6S. The number of pyridine rings is 1. The highest BCUT2D eigenvalue weighted by Crippen LogP contribution is 2.23. The topological polar surface area (TPSA) is 138 Å². The van der Waals surface area contributed by atoms with Gasteiger partial charge in [-0.2, -0.15) is 17.5 Å². The van der Waals surface area contributed by atoms with Gasteiger partial charge in [-0.25, -0.2) is 8.42 Å². The van der Waals surface area contributed by atoms with E-state index in [4.69, 9.17) is 4.74 Å². The van der Waals surface area contributed by atoms with Crippen molar-refractivity contribution in [1.82, 2.24) is 19.9 Å². The molecule has 3 rings (SSSR count). The minimum atomic E-state index is -4.61. The number of ether oxygens (including phenoxy) is 1. The molecule has 0 radical (unpaired) electrons. The van der Waals surface area contributed by atoms with Crippen LogP contribution in [0.25, 0.3) is 10.9 Å². The summed E-state index contributed by atoms with van der Waals surface area (Å²) in [5.41, 5.74) is -0.718. The number of nitrogens with zero attached hydrogens (tertiary/aromatic N) is 1. The highest BCUT2D eigenvalue weighted by molar-refractivity contribution is 7.89. The van der Waals surface area contributed by atoms with Crippen LogP contribution in [0.2, 0.25) is 0 Å². The zero-order chi connectivity index (χ0) is 23.5. The fourth-order valence-corrected chi connectivity index (χ4v) is 4.47. The maximum absolute atomic E-state index is 12.9. The molecule has 0 atom stereocenters. The quantitative estimate of drug-likeness (QED) is 0.535. The van der Waals surface area contributed by atoms with Gasteiger partial charge in [0.25, 0.3) is 5.91 Å². The standard InChI is InChI=1S/C18H19F3N4O6S/c19-18(20,21)10-23-16(27)9-22-17(28)13-8-15(26)24-14-2-1-11(7-12(13)14)32(29,30)25-3-5-31-6-4-25/h1-2,7-8H,3-6,9-10H2,(H,22,28)(H,23,27)(H,24,26). The third kappa shape index (κ3) is 5.63. The van der Waals surface area contributed by atoms with Gasteiger partial charge >= 0.3 is 6.18 Å². The van der Waals surface area contributed by atoms with Gasteiger partial charge < -0.3 is 20.4 Å². The highest BCUT2D eigenvalue weighted by atomic mass is 32.2. The van der Waals surface area contributed by atoms with Crippen molar-refractivity contribution in [3.63, 3.8) is 0 Å². The smallest absolute Gasteiger partial charge is 0.379 e. The molecular weight excluding hydrogens is 457 g/mol. The van der Waals surface area contributed by atoms with E-state index in [9.17, 15) is 36.0 Å². The molecule has 10 nitrogen and oxygen atoms in total. The van der Waals surface area contributed by atoms with Crippen molar-refractivity contribution in [2.45, 2.75) is 11.1 Å². The fourth-order valence-electron chi connectivity index (χ4n) is 3.03. The van der Waals surface area contributed by atoms with E-state index in [0.717, 1.165) is 6.07 Å². The van der Waals surface area contributed by atoms with Crippen LogP contribution in [0.4, 0.5) is 13.2 Å². The van der Waals surface area contributed by atoms with Crippen LogP contribution in [0.1, 0.15) is 10.4 Å². The molecule has 1 saturated heterocycles. The summed E-state index contributed by atoms with van der Waals surface area (Å²) in [4.78, 5) is 38.3. The molecule has 1 aliphatic heterocycles. The maximum Gasteiger partial charge on any atom is 0.405 e. The Kier molecular flexibility index (Phi) is 6.85. The predicted molar refractivity (Wildman–Crippen MR) is 106 cm³/mol. The number of H-pyrrole nitrogens is 1. The van der Waals surface area contributed by atoms with Crippen LogP contribution >= 0.6 is 0 Å². The Hall–Kier alpha value is -2.97. The lowest BCUT2D eigenvalue weighted by Gasteiger charge is -2.26. The summed E-state index contributed by atoms with van der Waals surface area (Å²) in [6, 6.07) is 4.75. The van der Waals surface area contributed by atoms with Gasteiger partial charge in [0.1, 0.15) is 6.54 Å². The van der Waals surface area contributed by atoms with E-state index in [1.165, 1.54) is 22.5 Å². The van der Waals surface area contributed by atoms with Crippen molar-refractivity contribution in [2.75, 3.05) is 39.4 Å². The number of amides is 2. The van der Waals surface area contributed by atoms with Crippen molar-refractivity contribution in [3.05, 3.63) is 40.2 Å². The zero-order valence-electron chi connectivity index (χ0n) is 16.5. The molecule has 1 aliphatic rings. The van der Waals surface area contributed by atoms with Gasteiger partial charge in [-0.05, 0) is 18.2 Å². The Labute approximate surface area is 179 Å². The number of morpholine rings is 1. The number of sulfonamides is 1. The third-order valence-corrected chi connectivity index (χ3v) is 6.46. The first-order valence-corrected chi connectivity index (χ1v) is 10.8. The Bertz CT molecular complexity index is 1190. The number of hydrogen-bond acceptors (Lipinski definition) is 6. The Morgan fingerprint density at radius 1 is 1.12 bits per heavy atom. The van der Waals surface area contributed by atoms with Crippen molar-refractivity contribution in [2.24, 2.45) is 0 Å². The molecule has 1 aromatic heterocycles. The Balaban J connectivity index is 1.86. The van der Waals surface area contributed by atoms with E-state index in [2.05, 4.69) is 10.3 Å². The lowest BCUT2D eigenvalue weighted by Crippen LogP contribution is -2.41. The number of nitrogens with one attached hydrogen (secondary N) is 3. The van der Waals surface area contributed by atoms with Gasteiger partial charge in [-0.1, -0.05) is 0 Å². The SMILES string of the molecule is O=C(CNC(=O)c1cc(=O)[nH]c2ccc(S(=O)(=O)N3CCOCC3)cc12)NCC(F)(F)F. The second-order valence-electron chi connectivity index (χ2n) is 6.85. The Morgan fingerprint density at radius 2 is 1.81 bits per heavy atom. The van der Waals surface area contributed by atoms with Crippen molar-refractivity contribution >= 4 is 32.7 Å². The molecule has 14 heteroatoms. The minimum absolute atomic E-state index is 0.0899. The first-order valence-electron chi connectivity index (χ1n) is 9.34. The highest BCUT2D eigenvalue weighted by Gasteiger charge is 2.28. The first kappa shape index (κ1) is 23.7. The fraction of sp³-hybridized carbons (Fsp3) is 0.389. The average Bonchev–Trinajstić information content (AvgIpc) is 2.75. The van der Waals surface area contributed by atoms with E-state index < -0.39 is 46.7 Å². The normalized spacial score (nSPS) is 15.5. The molecule has 1 fully saturated rings. The van der Waals surface area contributed by atoms with Crippen LogP contribution in [0, 0.1) is 0 Å². The number of halogens is 3. The molecule has 0 spiro atoms. The molecule has 0 saturated carbocycles. The maximum atomic E-state index is 12.9. The number of rotatable bonds is 6. The second kappa shape index (κ2) is 9.26. The summed E-state index contributed by atoms with van der Waals surface area (Å²) >= 11 is 0. The summed E-state index contributed by atoms with van der Waals surface area (Å²) in [5, 5.41) is 3.82. The van der Waals surface area contributed by atoms with E-state index >= 15 is 0 Å². The molecule has 32 heavy (non-hydrogen) atoms. The number of benzene rings is 1. The largest absolute Gasteiger partial charge is 0.405 e. The summed E-state index contributed by atoms with van der Waals surface area (Å²) < 4.78 is 68.7. The average molecular weight is 476 g/mol. The third-order valence-electron chi connectivity index (χ3n) is 4.56. The summed E-state index contributed by atoms with van der Waals surface area (Å²) in [5.74, 6) is -2.01. The molecule has 174 valence electrons. The molecule has 0 bridgehead atoms. The lowest BCUT2D eigenvalue weighted by atomic mass is 10.1. The summed E-state index contributed by atoms with van der Waals surface area (Å²) in [6.07, 6.45) is -4.61. The molecule has 3 N–H and O–H groups in total. The monoisotopic (exact) mass is 476 g/mol.